The van der Waals surface area contributed by atoms with E-state index in [2.05, 4.69) is 16.7 Å². The molecule has 1 aromatic carbocycles. The highest BCUT2D eigenvalue weighted by Gasteiger charge is 2.20. The number of hydrogen-bond donors (Lipinski definition) is 1. The Morgan fingerprint density at radius 2 is 2.25 bits per heavy atom. The summed E-state index contributed by atoms with van der Waals surface area (Å²) in [4.78, 5) is 2.21. The third-order valence-electron chi connectivity index (χ3n) is 3.27. The Balaban J connectivity index is 2.11. The van der Waals surface area contributed by atoms with E-state index in [4.69, 9.17) is 4.74 Å². The van der Waals surface area contributed by atoms with E-state index in [1.165, 1.54) is 0 Å². The van der Waals surface area contributed by atoms with Crippen molar-refractivity contribution in [2.24, 2.45) is 0 Å². The Bertz CT molecular complexity index is 545. The summed E-state index contributed by atoms with van der Waals surface area (Å²) in [6, 6.07) is 7.46. The zero-order chi connectivity index (χ0) is 14.6. The fraction of sp³-hybridized carbons (Fsp3) is 0.571. The molecule has 0 amide bonds. The lowest BCUT2D eigenvalue weighted by Gasteiger charge is -2.30. The van der Waals surface area contributed by atoms with Crippen molar-refractivity contribution in [1.82, 2.24) is 4.90 Å². The molecule has 112 valence electrons. The van der Waals surface area contributed by atoms with Gasteiger partial charge in [-0.2, -0.15) is 0 Å². The lowest BCUT2D eigenvalue weighted by molar-refractivity contribution is -0.0208. The lowest BCUT2D eigenvalue weighted by Crippen LogP contribution is -2.35. The molecule has 1 heterocycles. The second-order valence-electron chi connectivity index (χ2n) is 5.17. The van der Waals surface area contributed by atoms with E-state index in [-0.39, 0.29) is 11.9 Å². The van der Waals surface area contributed by atoms with Crippen LogP contribution in [-0.2, 0) is 14.8 Å². The van der Waals surface area contributed by atoms with Gasteiger partial charge in [0.05, 0.1) is 18.5 Å². The van der Waals surface area contributed by atoms with Crippen LogP contribution in [0.15, 0.2) is 24.3 Å². The lowest BCUT2D eigenvalue weighted by atomic mass is 10.1. The summed E-state index contributed by atoms with van der Waals surface area (Å²) in [5.41, 5.74) is 1.61. The largest absolute Gasteiger partial charge is 0.371 e. The predicted molar refractivity (Wildman–Crippen MR) is 80.3 cm³/mol. The van der Waals surface area contributed by atoms with E-state index in [0.29, 0.717) is 18.7 Å². The van der Waals surface area contributed by atoms with Gasteiger partial charge < -0.3 is 9.64 Å². The average Bonchev–Trinajstić information content (AvgIpc) is 2.38. The summed E-state index contributed by atoms with van der Waals surface area (Å²) in [6.45, 7) is 4.30. The molecular weight excluding hydrogens is 276 g/mol. The topological polar surface area (TPSA) is 58.6 Å². The van der Waals surface area contributed by atoms with Crippen LogP contribution in [0.4, 0.5) is 5.69 Å². The molecule has 0 spiro atoms. The van der Waals surface area contributed by atoms with Crippen LogP contribution >= 0.6 is 0 Å². The van der Waals surface area contributed by atoms with Gasteiger partial charge in [-0.25, -0.2) is 8.42 Å². The first-order valence-corrected chi connectivity index (χ1v) is 8.56. The molecule has 1 N–H and O–H groups in total. The quantitative estimate of drug-likeness (QED) is 0.901. The molecule has 0 aromatic heterocycles. The molecule has 2 rings (SSSR count). The number of sulfonamides is 1. The van der Waals surface area contributed by atoms with E-state index in [9.17, 15) is 8.42 Å². The number of ether oxygens (including phenoxy) is 1. The molecule has 1 unspecified atom stereocenters. The van der Waals surface area contributed by atoms with Gasteiger partial charge in [-0.15, -0.1) is 0 Å². The van der Waals surface area contributed by atoms with Crippen molar-refractivity contribution in [3.05, 3.63) is 29.8 Å². The first-order chi connectivity index (χ1) is 9.50. The van der Waals surface area contributed by atoms with Crippen LogP contribution in [0.2, 0.25) is 0 Å². The van der Waals surface area contributed by atoms with Gasteiger partial charge in [0, 0.05) is 18.8 Å². The highest BCUT2D eigenvalue weighted by molar-refractivity contribution is 7.92. The highest BCUT2D eigenvalue weighted by atomic mass is 32.2. The predicted octanol–water partition coefficient (Wildman–Crippen LogP) is 1.84. The fourth-order valence-electron chi connectivity index (χ4n) is 2.28. The molecular formula is C14H22N2O3S. The third kappa shape index (κ3) is 4.19. The third-order valence-corrected chi connectivity index (χ3v) is 4.77. The van der Waals surface area contributed by atoms with Crippen LogP contribution in [0.25, 0.3) is 0 Å². The molecule has 5 nitrogen and oxygen atoms in total. The molecule has 1 aromatic rings. The summed E-state index contributed by atoms with van der Waals surface area (Å²) < 4.78 is 31.9. The minimum Gasteiger partial charge on any atom is -0.371 e. The number of anilines is 1. The molecule has 0 aliphatic carbocycles. The molecule has 1 aliphatic heterocycles. The Labute approximate surface area is 121 Å². The fourth-order valence-corrected chi connectivity index (χ4v) is 3.41. The maximum Gasteiger partial charge on any atom is 0.232 e. The monoisotopic (exact) mass is 298 g/mol. The normalized spacial score (nSPS) is 20.8. The van der Waals surface area contributed by atoms with Crippen LogP contribution < -0.4 is 4.72 Å². The van der Waals surface area contributed by atoms with Crippen molar-refractivity contribution >= 4 is 15.7 Å². The number of rotatable bonds is 5. The average molecular weight is 298 g/mol. The smallest absolute Gasteiger partial charge is 0.232 e. The van der Waals surface area contributed by atoms with Gasteiger partial charge in [-0.3, -0.25) is 4.72 Å². The minimum atomic E-state index is -3.24. The van der Waals surface area contributed by atoms with E-state index >= 15 is 0 Å². The summed E-state index contributed by atoms with van der Waals surface area (Å²) in [5, 5.41) is 0. The van der Waals surface area contributed by atoms with Gasteiger partial charge in [-0.05, 0) is 31.2 Å². The van der Waals surface area contributed by atoms with E-state index in [0.717, 1.165) is 18.7 Å². The van der Waals surface area contributed by atoms with Crippen molar-refractivity contribution in [3.63, 3.8) is 0 Å². The first-order valence-electron chi connectivity index (χ1n) is 6.91. The minimum absolute atomic E-state index is 0.00405. The summed E-state index contributed by atoms with van der Waals surface area (Å²) >= 11 is 0. The maximum atomic E-state index is 11.8. The molecule has 20 heavy (non-hydrogen) atoms. The maximum absolute atomic E-state index is 11.8. The molecule has 1 fully saturated rings. The number of nitrogens with one attached hydrogen (secondary N) is 1. The van der Waals surface area contributed by atoms with E-state index in [1.807, 2.05) is 25.1 Å². The van der Waals surface area contributed by atoms with Crippen LogP contribution in [-0.4, -0.2) is 45.8 Å². The van der Waals surface area contributed by atoms with Gasteiger partial charge >= 0.3 is 0 Å². The van der Waals surface area contributed by atoms with Gasteiger partial charge in [0.1, 0.15) is 0 Å². The van der Waals surface area contributed by atoms with Crippen molar-refractivity contribution in [2.75, 3.05) is 37.2 Å². The Hall–Kier alpha value is -1.11. The van der Waals surface area contributed by atoms with Crippen LogP contribution in [0.5, 0.6) is 0 Å². The summed E-state index contributed by atoms with van der Waals surface area (Å²) in [5.74, 6) is 0.139. The number of benzene rings is 1. The number of nitrogens with zero attached hydrogens (tertiary/aromatic N) is 1. The van der Waals surface area contributed by atoms with E-state index < -0.39 is 10.0 Å². The van der Waals surface area contributed by atoms with E-state index in [1.54, 1.807) is 6.07 Å². The van der Waals surface area contributed by atoms with Crippen molar-refractivity contribution in [3.8, 4) is 0 Å². The number of morpholine rings is 1. The molecule has 1 saturated heterocycles. The second kappa shape index (κ2) is 6.56. The standard InChI is InChI=1S/C14H22N2O3S/c1-3-9-20(17,18)15-13-6-4-5-12(10-13)14-11-16(2)7-8-19-14/h4-6,10,14-15H,3,7-9,11H2,1-2H3. The SMILES string of the molecule is CCCS(=O)(=O)Nc1cccc(C2CN(C)CCO2)c1. The van der Waals surface area contributed by atoms with Gasteiger partial charge in [0.2, 0.25) is 10.0 Å². The molecule has 6 heteroatoms. The van der Waals surface area contributed by atoms with Gasteiger partial charge in [-0.1, -0.05) is 19.1 Å². The summed E-state index contributed by atoms with van der Waals surface area (Å²) in [6.07, 6.45) is 0.607. The van der Waals surface area contributed by atoms with Crippen LogP contribution in [0.3, 0.4) is 0 Å². The second-order valence-corrected chi connectivity index (χ2v) is 7.01. The molecule has 0 radical (unpaired) electrons. The van der Waals surface area contributed by atoms with Gasteiger partial charge in [0.25, 0.3) is 0 Å². The van der Waals surface area contributed by atoms with Crippen LogP contribution in [0.1, 0.15) is 25.0 Å². The Kier molecular flexibility index (Phi) is 5.01. The van der Waals surface area contributed by atoms with Crippen molar-refractivity contribution in [1.29, 1.82) is 0 Å². The number of hydrogen-bond acceptors (Lipinski definition) is 4. The molecule has 1 aliphatic rings. The molecule has 1 atom stereocenters. The first kappa shape index (κ1) is 15.3. The molecule has 0 saturated carbocycles. The zero-order valence-electron chi connectivity index (χ0n) is 12.0. The van der Waals surface area contributed by atoms with Crippen LogP contribution in [0, 0.1) is 0 Å². The highest BCUT2D eigenvalue weighted by Crippen LogP contribution is 2.24. The molecule has 0 bridgehead atoms. The van der Waals surface area contributed by atoms with Crippen molar-refractivity contribution in [2.45, 2.75) is 19.4 Å². The summed E-state index contributed by atoms with van der Waals surface area (Å²) in [7, 11) is -1.19. The van der Waals surface area contributed by atoms with Crippen molar-refractivity contribution < 1.29 is 13.2 Å². The zero-order valence-corrected chi connectivity index (χ0v) is 12.8. The Morgan fingerprint density at radius 1 is 1.45 bits per heavy atom. The van der Waals surface area contributed by atoms with Gasteiger partial charge in [0.15, 0.2) is 0 Å². The Morgan fingerprint density at radius 3 is 2.95 bits per heavy atom. The number of likely N-dealkylation sites (N-methyl/N-ethyl adjacent to an activating group) is 1.